The predicted octanol–water partition coefficient (Wildman–Crippen LogP) is 5.95. The van der Waals surface area contributed by atoms with Crippen LogP contribution in [-0.2, 0) is 10.0 Å². The molecule has 1 atom stereocenters. The molecule has 1 unspecified atom stereocenters. The van der Waals surface area contributed by atoms with Gasteiger partial charge in [-0.15, -0.1) is 0 Å². The number of sulfonamides is 1. The van der Waals surface area contributed by atoms with Crippen LogP contribution in [-0.4, -0.2) is 21.2 Å². The second-order valence-corrected chi connectivity index (χ2v) is 10.0. The van der Waals surface area contributed by atoms with Crippen LogP contribution in [0.15, 0.2) is 125 Å². The highest BCUT2D eigenvalue weighted by molar-refractivity contribution is 7.89. The highest BCUT2D eigenvalue weighted by Crippen LogP contribution is 2.30. The summed E-state index contributed by atoms with van der Waals surface area (Å²) in [5, 5.41) is 6.82. The SMILES string of the molecule is Cc1ccc(S(=O)(=O)NCCC(c2ccccc2)N(/N=C/c2ccccc2)c2ccccc2)cc1. The van der Waals surface area contributed by atoms with Gasteiger partial charge in [0.2, 0.25) is 10.0 Å². The first-order valence-corrected chi connectivity index (χ1v) is 13.1. The number of hydrogen-bond acceptors (Lipinski definition) is 4. The van der Waals surface area contributed by atoms with Gasteiger partial charge in [0.05, 0.1) is 22.8 Å². The number of aryl methyl sites for hydroxylation is 1. The molecule has 6 heteroatoms. The van der Waals surface area contributed by atoms with Gasteiger partial charge < -0.3 is 0 Å². The van der Waals surface area contributed by atoms with Crippen LogP contribution in [0.4, 0.5) is 5.69 Å². The molecular weight excluding hydrogens is 454 g/mol. The molecule has 0 saturated heterocycles. The molecule has 5 nitrogen and oxygen atoms in total. The second-order valence-electron chi connectivity index (χ2n) is 8.26. The summed E-state index contributed by atoms with van der Waals surface area (Å²) in [6, 6.07) is 36.6. The minimum Gasteiger partial charge on any atom is -0.258 e. The third kappa shape index (κ3) is 6.66. The molecule has 4 aromatic rings. The van der Waals surface area contributed by atoms with Gasteiger partial charge in [-0.2, -0.15) is 5.10 Å². The average molecular weight is 484 g/mol. The van der Waals surface area contributed by atoms with Crippen molar-refractivity contribution in [2.24, 2.45) is 5.10 Å². The van der Waals surface area contributed by atoms with Gasteiger partial charge in [0, 0.05) is 6.54 Å². The molecule has 0 bridgehead atoms. The Morgan fingerprint density at radius 1 is 0.800 bits per heavy atom. The van der Waals surface area contributed by atoms with Crippen molar-refractivity contribution in [3.8, 4) is 0 Å². The van der Waals surface area contributed by atoms with E-state index in [0.29, 0.717) is 6.42 Å². The number of nitrogens with one attached hydrogen (secondary N) is 1. The molecule has 0 aromatic heterocycles. The topological polar surface area (TPSA) is 61.8 Å². The Labute approximate surface area is 207 Å². The lowest BCUT2D eigenvalue weighted by Gasteiger charge is -2.30. The van der Waals surface area contributed by atoms with Crippen molar-refractivity contribution >= 4 is 21.9 Å². The summed E-state index contributed by atoms with van der Waals surface area (Å²) in [6.07, 6.45) is 2.36. The Balaban J connectivity index is 1.61. The molecule has 0 radical (unpaired) electrons. The fourth-order valence-electron chi connectivity index (χ4n) is 3.81. The van der Waals surface area contributed by atoms with E-state index in [4.69, 9.17) is 5.10 Å². The number of para-hydroxylation sites is 1. The molecule has 0 aliphatic rings. The number of hydrogen-bond donors (Lipinski definition) is 1. The lowest BCUT2D eigenvalue weighted by Crippen LogP contribution is -2.30. The van der Waals surface area contributed by atoms with E-state index in [-0.39, 0.29) is 17.5 Å². The zero-order chi connectivity index (χ0) is 24.5. The molecule has 0 spiro atoms. The van der Waals surface area contributed by atoms with Crippen LogP contribution in [0.25, 0.3) is 0 Å². The molecule has 0 saturated carbocycles. The van der Waals surface area contributed by atoms with Crippen LogP contribution >= 0.6 is 0 Å². The third-order valence-electron chi connectivity index (χ3n) is 5.67. The van der Waals surface area contributed by atoms with Gasteiger partial charge in [-0.3, -0.25) is 5.01 Å². The van der Waals surface area contributed by atoms with Crippen LogP contribution in [0, 0.1) is 6.92 Å². The average Bonchev–Trinajstić information content (AvgIpc) is 2.90. The molecule has 178 valence electrons. The monoisotopic (exact) mass is 483 g/mol. The zero-order valence-corrected chi connectivity index (χ0v) is 20.5. The van der Waals surface area contributed by atoms with E-state index >= 15 is 0 Å². The Bertz CT molecular complexity index is 1330. The maximum absolute atomic E-state index is 12.9. The maximum Gasteiger partial charge on any atom is 0.240 e. The normalized spacial score (nSPS) is 12.5. The van der Waals surface area contributed by atoms with E-state index < -0.39 is 10.0 Å². The summed E-state index contributed by atoms with van der Waals surface area (Å²) in [7, 11) is -3.61. The van der Waals surface area contributed by atoms with Crippen LogP contribution in [0.3, 0.4) is 0 Å². The van der Waals surface area contributed by atoms with Crippen molar-refractivity contribution < 1.29 is 8.42 Å². The second kappa shape index (κ2) is 11.6. The first-order valence-electron chi connectivity index (χ1n) is 11.6. The summed E-state index contributed by atoms with van der Waals surface area (Å²) >= 11 is 0. The number of nitrogens with zero attached hydrogens (tertiary/aromatic N) is 2. The summed E-state index contributed by atoms with van der Waals surface area (Å²) < 4.78 is 28.5. The smallest absolute Gasteiger partial charge is 0.240 e. The van der Waals surface area contributed by atoms with Crippen molar-refractivity contribution in [1.82, 2.24) is 4.72 Å². The van der Waals surface area contributed by atoms with Gasteiger partial charge in [0.15, 0.2) is 0 Å². The molecule has 1 N–H and O–H groups in total. The van der Waals surface area contributed by atoms with E-state index in [2.05, 4.69) is 4.72 Å². The van der Waals surface area contributed by atoms with Gasteiger partial charge >= 0.3 is 0 Å². The van der Waals surface area contributed by atoms with Gasteiger partial charge in [-0.05, 0) is 48.7 Å². The zero-order valence-electron chi connectivity index (χ0n) is 19.7. The van der Waals surface area contributed by atoms with Gasteiger partial charge in [-0.25, -0.2) is 13.1 Å². The van der Waals surface area contributed by atoms with E-state index in [0.717, 1.165) is 22.4 Å². The molecule has 0 aliphatic carbocycles. The number of hydrazone groups is 1. The van der Waals surface area contributed by atoms with Crippen molar-refractivity contribution in [3.63, 3.8) is 0 Å². The fraction of sp³-hybridized carbons (Fsp3) is 0.138. The highest BCUT2D eigenvalue weighted by Gasteiger charge is 2.22. The Kier molecular flexibility index (Phi) is 8.08. The summed E-state index contributed by atoms with van der Waals surface area (Å²) in [6.45, 7) is 2.20. The van der Waals surface area contributed by atoms with Gasteiger partial charge in [0.25, 0.3) is 0 Å². The third-order valence-corrected chi connectivity index (χ3v) is 7.15. The molecule has 0 fully saturated rings. The van der Waals surface area contributed by atoms with E-state index in [1.807, 2.05) is 109 Å². The largest absolute Gasteiger partial charge is 0.258 e. The molecule has 0 heterocycles. The lowest BCUT2D eigenvalue weighted by molar-refractivity contribution is 0.555. The molecule has 35 heavy (non-hydrogen) atoms. The Morgan fingerprint density at radius 2 is 1.37 bits per heavy atom. The predicted molar refractivity (Wildman–Crippen MR) is 143 cm³/mol. The van der Waals surface area contributed by atoms with Crippen LogP contribution in [0.1, 0.15) is 29.2 Å². The summed E-state index contributed by atoms with van der Waals surface area (Å²) in [5.41, 5.74) is 3.98. The first-order chi connectivity index (χ1) is 17.0. The fourth-order valence-corrected chi connectivity index (χ4v) is 4.86. The van der Waals surface area contributed by atoms with Crippen LogP contribution < -0.4 is 9.73 Å². The number of anilines is 1. The van der Waals surface area contributed by atoms with Crippen molar-refractivity contribution in [1.29, 1.82) is 0 Å². The van der Waals surface area contributed by atoms with Gasteiger partial charge in [0.1, 0.15) is 0 Å². The standard InChI is InChI=1S/C29H29N3O2S/c1-24-17-19-28(20-18-24)35(33,34)31-22-21-29(26-13-7-3-8-14-26)32(27-15-9-4-10-16-27)30-23-25-11-5-2-6-12-25/h2-20,23,29,31H,21-22H2,1H3/b30-23+. The van der Waals surface area contributed by atoms with Crippen molar-refractivity contribution in [3.05, 3.63) is 132 Å². The summed E-state index contributed by atoms with van der Waals surface area (Å²) in [4.78, 5) is 0.265. The minimum atomic E-state index is -3.61. The Morgan fingerprint density at radius 3 is 2.00 bits per heavy atom. The quantitative estimate of drug-likeness (QED) is 0.224. The molecular formula is C29H29N3O2S. The highest BCUT2D eigenvalue weighted by atomic mass is 32.2. The minimum absolute atomic E-state index is 0.181. The van der Waals surface area contributed by atoms with E-state index in [1.54, 1.807) is 24.3 Å². The number of benzene rings is 4. The van der Waals surface area contributed by atoms with Crippen LogP contribution in [0.5, 0.6) is 0 Å². The summed E-state index contributed by atoms with van der Waals surface area (Å²) in [5.74, 6) is 0. The molecule has 0 amide bonds. The lowest BCUT2D eigenvalue weighted by atomic mass is 10.0. The van der Waals surface area contributed by atoms with E-state index in [1.165, 1.54) is 0 Å². The molecule has 4 rings (SSSR count). The Hall–Kier alpha value is -3.74. The molecule has 4 aromatic carbocycles. The first kappa shape index (κ1) is 24.4. The maximum atomic E-state index is 12.9. The molecule has 0 aliphatic heterocycles. The number of rotatable bonds is 10. The van der Waals surface area contributed by atoms with E-state index in [9.17, 15) is 8.42 Å². The van der Waals surface area contributed by atoms with Crippen molar-refractivity contribution in [2.45, 2.75) is 24.3 Å². The van der Waals surface area contributed by atoms with Crippen molar-refractivity contribution in [2.75, 3.05) is 11.6 Å². The van der Waals surface area contributed by atoms with Crippen LogP contribution in [0.2, 0.25) is 0 Å². The van der Waals surface area contributed by atoms with Gasteiger partial charge in [-0.1, -0.05) is 96.6 Å².